The van der Waals surface area contributed by atoms with Gasteiger partial charge in [-0.25, -0.2) is 0 Å². The zero-order chi connectivity index (χ0) is 18.4. The van der Waals surface area contributed by atoms with Gasteiger partial charge in [0, 0.05) is 16.4 Å². The average Bonchev–Trinajstić information content (AvgIpc) is 2.60. The lowest BCUT2D eigenvalue weighted by Crippen LogP contribution is -2.31. The first-order chi connectivity index (χ1) is 11.9. The number of phenols is 1. The molecule has 1 atom stereocenters. The van der Waals surface area contributed by atoms with Gasteiger partial charge in [-0.2, -0.15) is 0 Å². The molecule has 0 saturated heterocycles. The van der Waals surface area contributed by atoms with E-state index in [1.54, 1.807) is 6.07 Å². The lowest BCUT2D eigenvalue weighted by Gasteiger charge is -2.28. The highest BCUT2D eigenvalue weighted by Gasteiger charge is 2.27. The van der Waals surface area contributed by atoms with Crippen LogP contribution in [0.15, 0.2) is 52.0 Å². The smallest absolute Gasteiger partial charge is 0.458 e. The molecule has 5 heteroatoms. The summed E-state index contributed by atoms with van der Waals surface area (Å²) in [6, 6.07) is 5.43. The van der Waals surface area contributed by atoms with Crippen LogP contribution in [-0.4, -0.2) is 23.4 Å². The van der Waals surface area contributed by atoms with E-state index in [4.69, 9.17) is 4.65 Å². The zero-order valence-electron chi connectivity index (χ0n) is 15.0. The molecule has 1 aliphatic rings. The molecule has 25 heavy (non-hydrogen) atoms. The number of allylic oxidation sites excluding steroid dienone is 2. The van der Waals surface area contributed by atoms with Gasteiger partial charge in [-0.1, -0.05) is 59.7 Å². The van der Waals surface area contributed by atoms with Gasteiger partial charge in [0.05, 0.1) is 6.10 Å². The molecule has 0 bridgehead atoms. The number of aromatic hydroxyl groups is 1. The van der Waals surface area contributed by atoms with Gasteiger partial charge in [0.15, 0.2) is 0 Å². The van der Waals surface area contributed by atoms with Crippen LogP contribution < -0.4 is 0 Å². The topological polar surface area (TPSA) is 49.7 Å². The molecule has 0 amide bonds. The summed E-state index contributed by atoms with van der Waals surface area (Å²) in [5, 5.41) is 19.9. The van der Waals surface area contributed by atoms with Crippen molar-refractivity contribution in [3.8, 4) is 5.75 Å². The predicted molar refractivity (Wildman–Crippen MR) is 108 cm³/mol. The van der Waals surface area contributed by atoms with Crippen LogP contribution in [0, 0.1) is 0 Å². The van der Waals surface area contributed by atoms with Crippen molar-refractivity contribution in [3.63, 3.8) is 0 Å². The lowest BCUT2D eigenvalue weighted by atomic mass is 9.77. The van der Waals surface area contributed by atoms with Gasteiger partial charge in [0.1, 0.15) is 5.75 Å². The van der Waals surface area contributed by atoms with Crippen LogP contribution in [0.4, 0.5) is 0 Å². The van der Waals surface area contributed by atoms with Crippen LogP contribution in [-0.2, 0) is 4.65 Å². The van der Waals surface area contributed by atoms with Crippen molar-refractivity contribution < 1.29 is 14.8 Å². The number of halogens is 1. The molecule has 1 aromatic rings. The van der Waals surface area contributed by atoms with Crippen LogP contribution in [0.3, 0.4) is 0 Å². The fourth-order valence-corrected chi connectivity index (χ4v) is 3.38. The fourth-order valence-electron chi connectivity index (χ4n) is 3.01. The summed E-state index contributed by atoms with van der Waals surface area (Å²) >= 11 is 3.44. The van der Waals surface area contributed by atoms with Crippen LogP contribution in [0.1, 0.15) is 45.1 Å². The number of hydrogen-bond donors (Lipinski definition) is 2. The molecular formula is C20H26BBrO3. The molecule has 1 aromatic carbocycles. The van der Waals surface area contributed by atoms with Crippen molar-refractivity contribution in [3.05, 3.63) is 57.6 Å². The van der Waals surface area contributed by atoms with Crippen LogP contribution in [0.5, 0.6) is 5.75 Å². The highest BCUT2D eigenvalue weighted by atomic mass is 79.9. The van der Waals surface area contributed by atoms with Crippen LogP contribution in [0.2, 0.25) is 6.32 Å². The molecule has 0 radical (unpaired) electrons. The zero-order valence-corrected chi connectivity index (χ0v) is 16.6. The van der Waals surface area contributed by atoms with Crippen molar-refractivity contribution in [1.82, 2.24) is 0 Å². The molecule has 0 spiro atoms. The Morgan fingerprint density at radius 1 is 1.40 bits per heavy atom. The van der Waals surface area contributed by atoms with E-state index in [-0.39, 0.29) is 11.9 Å². The number of benzene rings is 1. The summed E-state index contributed by atoms with van der Waals surface area (Å²) in [6.45, 7) is 8.32. The molecule has 2 rings (SSSR count). The minimum atomic E-state index is -0.735. The maximum absolute atomic E-state index is 10.0. The molecule has 134 valence electrons. The number of phenolic OH excluding ortho intramolecular Hbond substituents is 1. The summed E-state index contributed by atoms with van der Waals surface area (Å²) in [5.41, 5.74) is 4.24. The van der Waals surface area contributed by atoms with Crippen molar-refractivity contribution in [2.75, 3.05) is 0 Å². The lowest BCUT2D eigenvalue weighted by molar-refractivity contribution is 0.183. The largest absolute Gasteiger partial charge is 0.507 e. The summed E-state index contributed by atoms with van der Waals surface area (Å²) in [4.78, 5) is 0. The first kappa shape index (κ1) is 20.0. The van der Waals surface area contributed by atoms with E-state index in [1.807, 2.05) is 18.2 Å². The first-order valence-electron chi connectivity index (χ1n) is 8.84. The molecule has 0 saturated carbocycles. The second-order valence-electron chi connectivity index (χ2n) is 6.33. The Balaban J connectivity index is 2.12. The van der Waals surface area contributed by atoms with Crippen LogP contribution >= 0.6 is 15.9 Å². The highest BCUT2D eigenvalue weighted by Crippen LogP contribution is 2.30. The maximum atomic E-state index is 10.0. The molecule has 1 unspecified atom stereocenters. The van der Waals surface area contributed by atoms with Gasteiger partial charge in [0.2, 0.25) is 0 Å². The summed E-state index contributed by atoms with van der Waals surface area (Å²) in [5.74, 6) is 0.276. The number of hydrogen-bond acceptors (Lipinski definition) is 3. The Morgan fingerprint density at radius 2 is 2.16 bits per heavy atom. The normalized spacial score (nSPS) is 18.2. The number of rotatable bonds is 7. The molecule has 0 fully saturated rings. The van der Waals surface area contributed by atoms with Crippen molar-refractivity contribution in [1.29, 1.82) is 0 Å². The van der Waals surface area contributed by atoms with Gasteiger partial charge in [0.25, 0.3) is 0 Å². The third kappa shape index (κ3) is 5.60. The Bertz CT molecular complexity index is 682. The monoisotopic (exact) mass is 404 g/mol. The average molecular weight is 405 g/mol. The fraction of sp³-hybridized carbons (Fsp3) is 0.400. The summed E-state index contributed by atoms with van der Waals surface area (Å²) in [7, 11) is -0.735. The molecule has 0 aliphatic carbocycles. The molecule has 2 N–H and O–H groups in total. The van der Waals surface area contributed by atoms with E-state index < -0.39 is 7.12 Å². The molecule has 0 aromatic heterocycles. The second-order valence-corrected chi connectivity index (χ2v) is 7.25. The second kappa shape index (κ2) is 9.42. The van der Waals surface area contributed by atoms with E-state index in [9.17, 15) is 10.1 Å². The van der Waals surface area contributed by atoms with Crippen molar-refractivity contribution >= 4 is 29.1 Å². The first-order valence-corrected chi connectivity index (χ1v) is 9.63. The quantitative estimate of drug-likeness (QED) is 0.589. The van der Waals surface area contributed by atoms with E-state index in [2.05, 4.69) is 42.4 Å². The van der Waals surface area contributed by atoms with Gasteiger partial charge in [-0.3, -0.25) is 0 Å². The molecule has 3 nitrogen and oxygen atoms in total. The van der Waals surface area contributed by atoms with Crippen molar-refractivity contribution in [2.45, 2.75) is 52.0 Å². The minimum absolute atomic E-state index is 0.123. The third-order valence-corrected chi connectivity index (χ3v) is 5.07. The highest BCUT2D eigenvalue weighted by molar-refractivity contribution is 9.10. The Hall–Kier alpha value is -1.30. The van der Waals surface area contributed by atoms with E-state index in [0.717, 1.165) is 46.9 Å². The van der Waals surface area contributed by atoms with Gasteiger partial charge in [-0.05, 0) is 49.5 Å². The third-order valence-electron chi connectivity index (χ3n) is 4.57. The maximum Gasteiger partial charge on any atom is 0.458 e. The van der Waals surface area contributed by atoms with Gasteiger partial charge in [-0.15, -0.1) is 0 Å². The van der Waals surface area contributed by atoms with Crippen LogP contribution in [0.25, 0.3) is 6.08 Å². The van der Waals surface area contributed by atoms with E-state index >= 15 is 0 Å². The molecule has 1 aliphatic heterocycles. The standard InChI is InChI=1S/C20H26BBrO3/c1-4-14(3)18-10-11-21(24)25-20(18)9-6-15(5-2)12-16-13-17(22)7-8-19(16)23/h7-8,10,12-13,20,23-24H,3-6,9,11H2,1-2H3/b15-12+. The Labute approximate surface area is 159 Å². The predicted octanol–water partition coefficient (Wildman–Crippen LogP) is 5.50. The summed E-state index contributed by atoms with van der Waals surface area (Å²) in [6.07, 6.45) is 7.90. The van der Waals surface area contributed by atoms with E-state index in [0.29, 0.717) is 6.32 Å². The molecular weight excluding hydrogens is 379 g/mol. The SMILES string of the molecule is C=C(CC)C1=CCB(O)OC1CC/C(=C/c1cc(Br)ccc1O)CC. The van der Waals surface area contributed by atoms with Crippen molar-refractivity contribution in [2.24, 2.45) is 0 Å². The molecule has 1 heterocycles. The Kier molecular flexibility index (Phi) is 7.54. The van der Waals surface area contributed by atoms with Gasteiger partial charge < -0.3 is 14.8 Å². The van der Waals surface area contributed by atoms with Gasteiger partial charge >= 0.3 is 7.12 Å². The minimum Gasteiger partial charge on any atom is -0.507 e. The Morgan fingerprint density at radius 3 is 2.84 bits per heavy atom. The van der Waals surface area contributed by atoms with E-state index in [1.165, 1.54) is 5.57 Å². The summed E-state index contributed by atoms with van der Waals surface area (Å²) < 4.78 is 6.69.